The third-order valence-corrected chi connectivity index (χ3v) is 5.44. The topological polar surface area (TPSA) is 105 Å². The molecule has 3 rings (SSSR count). The van der Waals surface area contributed by atoms with Gasteiger partial charge in [-0.15, -0.1) is 0 Å². The maximum Gasteiger partial charge on any atom is 0.328 e. The van der Waals surface area contributed by atoms with Crippen molar-refractivity contribution in [1.82, 2.24) is 9.62 Å². The quantitative estimate of drug-likeness (QED) is 0.756. The van der Waals surface area contributed by atoms with Crippen LogP contribution in [0.3, 0.4) is 0 Å². The van der Waals surface area contributed by atoms with Crippen LogP contribution in [0, 0.1) is 0 Å². The minimum atomic E-state index is -3.69. The Kier molecular flexibility index (Phi) is 5.46. The summed E-state index contributed by atoms with van der Waals surface area (Å²) in [5, 5.41) is 0. The molecule has 1 aliphatic heterocycles. The van der Waals surface area contributed by atoms with Crippen molar-refractivity contribution in [2.45, 2.75) is 11.0 Å². The number of amidine groups is 1. The minimum absolute atomic E-state index is 0.0720. The zero-order chi connectivity index (χ0) is 20.3. The van der Waals surface area contributed by atoms with Gasteiger partial charge in [0, 0.05) is 25.2 Å². The summed E-state index contributed by atoms with van der Waals surface area (Å²) in [7, 11) is -0.555. The van der Waals surface area contributed by atoms with E-state index in [-0.39, 0.29) is 16.6 Å². The Morgan fingerprint density at radius 3 is 2.39 bits per heavy atom. The van der Waals surface area contributed by atoms with Gasteiger partial charge < -0.3 is 9.64 Å². The van der Waals surface area contributed by atoms with Crippen LogP contribution >= 0.6 is 0 Å². The summed E-state index contributed by atoms with van der Waals surface area (Å²) in [4.78, 5) is 30.2. The molecule has 2 aromatic rings. The molecule has 0 aliphatic carbocycles. The Hall–Kier alpha value is -3.20. The first-order valence-electron chi connectivity index (χ1n) is 8.42. The lowest BCUT2D eigenvalue weighted by atomic mass is 10.1. The molecule has 28 heavy (non-hydrogen) atoms. The van der Waals surface area contributed by atoms with Gasteiger partial charge in [-0.1, -0.05) is 42.5 Å². The van der Waals surface area contributed by atoms with Crippen molar-refractivity contribution in [3.63, 3.8) is 0 Å². The van der Waals surface area contributed by atoms with Gasteiger partial charge >= 0.3 is 5.97 Å². The lowest BCUT2D eigenvalue weighted by Crippen LogP contribution is -2.32. The Morgan fingerprint density at radius 1 is 1.07 bits per heavy atom. The van der Waals surface area contributed by atoms with Gasteiger partial charge in [0.1, 0.15) is 12.4 Å². The number of rotatable bonds is 5. The van der Waals surface area contributed by atoms with Gasteiger partial charge in [-0.25, -0.2) is 8.42 Å². The highest BCUT2D eigenvalue weighted by atomic mass is 32.2. The number of benzene rings is 2. The average Bonchev–Trinajstić information content (AvgIpc) is 2.95. The van der Waals surface area contributed by atoms with Gasteiger partial charge in [0.05, 0.1) is 4.90 Å². The molecule has 9 heteroatoms. The van der Waals surface area contributed by atoms with E-state index in [0.717, 1.165) is 0 Å². The molecule has 1 heterocycles. The van der Waals surface area contributed by atoms with Crippen molar-refractivity contribution < 1.29 is 22.7 Å². The standard InChI is InChI=1S/C19H19N3O5S/c1-22(2)19(24)17(13-8-4-3-5-9-13)27-16(23)12-20-18-14-10-6-7-11-15(14)28(25,26)21-18/h3-11,17H,12H2,1-2H3,(H,20,21)/t17-/m1/s1. The number of aliphatic imine (C=N–C) groups is 1. The van der Waals surface area contributed by atoms with Crippen LogP contribution in [-0.4, -0.2) is 51.7 Å². The first-order chi connectivity index (χ1) is 13.3. The van der Waals surface area contributed by atoms with Crippen LogP contribution in [0.4, 0.5) is 0 Å². The van der Waals surface area contributed by atoms with E-state index in [1.807, 2.05) is 0 Å². The summed E-state index contributed by atoms with van der Waals surface area (Å²) >= 11 is 0. The Morgan fingerprint density at radius 2 is 1.71 bits per heavy atom. The van der Waals surface area contributed by atoms with Gasteiger partial charge in [-0.2, -0.15) is 0 Å². The second-order valence-electron chi connectivity index (χ2n) is 6.28. The lowest BCUT2D eigenvalue weighted by molar-refractivity contribution is -0.158. The normalized spacial score (nSPS) is 16.7. The van der Waals surface area contributed by atoms with Crippen molar-refractivity contribution >= 4 is 27.7 Å². The molecule has 1 atom stereocenters. The average molecular weight is 401 g/mol. The number of nitrogens with one attached hydrogen (secondary N) is 1. The molecule has 0 aromatic heterocycles. The largest absolute Gasteiger partial charge is 0.446 e. The third kappa shape index (κ3) is 4.04. The van der Waals surface area contributed by atoms with Crippen molar-refractivity contribution in [2.75, 3.05) is 20.6 Å². The highest BCUT2D eigenvalue weighted by Crippen LogP contribution is 2.23. The van der Waals surface area contributed by atoms with Gasteiger partial charge in [-0.3, -0.25) is 19.3 Å². The lowest BCUT2D eigenvalue weighted by Gasteiger charge is -2.20. The van der Waals surface area contributed by atoms with Gasteiger partial charge in [0.2, 0.25) is 6.10 Å². The SMILES string of the molecule is CN(C)C(=O)[C@H](OC(=O)CN=C1NS(=O)(=O)c2ccccc21)c1ccccc1. The fourth-order valence-corrected chi connectivity index (χ4v) is 3.94. The molecule has 2 aromatic carbocycles. The van der Waals surface area contributed by atoms with E-state index in [9.17, 15) is 18.0 Å². The van der Waals surface area contributed by atoms with Crippen LogP contribution < -0.4 is 4.72 Å². The maximum absolute atomic E-state index is 12.4. The predicted octanol–water partition coefficient (Wildman–Crippen LogP) is 1.10. The Labute approximate surface area is 162 Å². The van der Waals surface area contributed by atoms with Gasteiger partial charge in [0.25, 0.3) is 15.9 Å². The summed E-state index contributed by atoms with van der Waals surface area (Å²) in [5.74, 6) is -1.07. The molecule has 0 bridgehead atoms. The van der Waals surface area contributed by atoms with Crippen LogP contribution in [-0.2, 0) is 24.3 Å². The number of sulfonamides is 1. The highest BCUT2D eigenvalue weighted by Gasteiger charge is 2.31. The molecule has 0 radical (unpaired) electrons. The van der Waals surface area contributed by atoms with Crippen LogP contribution in [0.5, 0.6) is 0 Å². The number of carbonyl (C=O) groups excluding carboxylic acids is 2. The fraction of sp³-hybridized carbons (Fsp3) is 0.211. The third-order valence-electron chi connectivity index (χ3n) is 4.05. The number of nitrogens with zero attached hydrogens (tertiary/aromatic N) is 2. The number of esters is 1. The molecule has 1 amide bonds. The van der Waals surface area contributed by atoms with Crippen molar-refractivity contribution in [3.05, 3.63) is 65.7 Å². The molecular weight excluding hydrogens is 382 g/mol. The second-order valence-corrected chi connectivity index (χ2v) is 7.93. The number of fused-ring (bicyclic) bond motifs is 1. The number of amides is 1. The van der Waals surface area contributed by atoms with Crippen LogP contribution in [0.25, 0.3) is 0 Å². The zero-order valence-corrected chi connectivity index (χ0v) is 16.1. The van der Waals surface area contributed by atoms with E-state index in [4.69, 9.17) is 4.74 Å². The second kappa shape index (κ2) is 7.81. The fourth-order valence-electron chi connectivity index (χ4n) is 2.69. The maximum atomic E-state index is 12.4. The van der Waals surface area contributed by atoms with Crippen molar-refractivity contribution in [1.29, 1.82) is 0 Å². The molecule has 1 aliphatic rings. The molecule has 0 spiro atoms. The molecule has 0 saturated heterocycles. The van der Waals surface area contributed by atoms with E-state index in [1.54, 1.807) is 62.6 Å². The molecule has 0 saturated carbocycles. The summed E-state index contributed by atoms with van der Waals surface area (Å²) in [6.45, 7) is -0.434. The first kappa shape index (κ1) is 19.6. The van der Waals surface area contributed by atoms with Gasteiger partial charge in [0.15, 0.2) is 0 Å². The van der Waals surface area contributed by atoms with E-state index < -0.39 is 28.6 Å². The number of ether oxygens (including phenoxy) is 1. The number of hydrogen-bond donors (Lipinski definition) is 1. The van der Waals surface area contributed by atoms with E-state index in [2.05, 4.69) is 9.71 Å². The van der Waals surface area contributed by atoms with Crippen molar-refractivity contribution in [2.24, 2.45) is 4.99 Å². The number of hydrogen-bond acceptors (Lipinski definition) is 6. The Bertz CT molecular complexity index is 1030. The summed E-state index contributed by atoms with van der Waals surface area (Å²) < 4.78 is 31.8. The zero-order valence-electron chi connectivity index (χ0n) is 15.3. The monoisotopic (exact) mass is 401 g/mol. The molecule has 0 unspecified atom stereocenters. The number of carbonyl (C=O) groups is 2. The minimum Gasteiger partial charge on any atom is -0.446 e. The van der Waals surface area contributed by atoms with E-state index in [0.29, 0.717) is 11.1 Å². The van der Waals surface area contributed by atoms with Crippen LogP contribution in [0.1, 0.15) is 17.2 Å². The summed E-state index contributed by atoms with van der Waals surface area (Å²) in [6, 6.07) is 15.0. The Balaban J connectivity index is 1.78. The van der Waals surface area contributed by atoms with Crippen LogP contribution in [0.15, 0.2) is 64.5 Å². The van der Waals surface area contributed by atoms with Gasteiger partial charge in [-0.05, 0) is 12.1 Å². The molecule has 146 valence electrons. The smallest absolute Gasteiger partial charge is 0.328 e. The summed E-state index contributed by atoms with van der Waals surface area (Å²) in [5.41, 5.74) is 0.924. The first-order valence-corrected chi connectivity index (χ1v) is 9.90. The molecule has 0 fully saturated rings. The molecule has 1 N–H and O–H groups in total. The highest BCUT2D eigenvalue weighted by molar-refractivity contribution is 7.90. The molecule has 8 nitrogen and oxygen atoms in total. The predicted molar refractivity (Wildman–Crippen MR) is 102 cm³/mol. The van der Waals surface area contributed by atoms with Crippen molar-refractivity contribution in [3.8, 4) is 0 Å². The van der Waals surface area contributed by atoms with Crippen LogP contribution in [0.2, 0.25) is 0 Å². The number of likely N-dealkylation sites (N-methyl/N-ethyl adjacent to an activating group) is 1. The summed E-state index contributed by atoms with van der Waals surface area (Å²) in [6.07, 6.45) is -1.10. The van der Waals surface area contributed by atoms with E-state index >= 15 is 0 Å². The van der Waals surface area contributed by atoms with E-state index in [1.165, 1.54) is 11.0 Å². The molecular formula is C19H19N3O5S.